The van der Waals surface area contributed by atoms with E-state index in [2.05, 4.69) is 55.3 Å². The molecule has 0 radical (unpaired) electrons. The molecule has 1 aromatic heterocycles. The molecule has 2 aromatic rings. The molecule has 30 heavy (non-hydrogen) atoms. The highest BCUT2D eigenvalue weighted by molar-refractivity contribution is 9.10. The van der Waals surface area contributed by atoms with Gasteiger partial charge in [0, 0.05) is 28.7 Å². The number of benzene rings is 1. The van der Waals surface area contributed by atoms with Crippen molar-refractivity contribution in [1.29, 1.82) is 0 Å². The van der Waals surface area contributed by atoms with E-state index in [0.717, 1.165) is 23.7 Å². The molecule has 0 saturated carbocycles. The highest BCUT2D eigenvalue weighted by Gasteiger charge is 2.36. The van der Waals surface area contributed by atoms with Gasteiger partial charge in [0.2, 0.25) is 17.8 Å². The first-order chi connectivity index (χ1) is 14.3. The van der Waals surface area contributed by atoms with Crippen molar-refractivity contribution in [1.82, 2.24) is 9.97 Å². The number of hydrogen-bond acceptors (Lipinski definition) is 5. The van der Waals surface area contributed by atoms with Crippen LogP contribution in [0.25, 0.3) is 0 Å². The molecule has 9 heteroatoms. The van der Waals surface area contributed by atoms with Gasteiger partial charge in [0.05, 0.1) is 11.5 Å². The average molecular weight is 474 g/mol. The number of nitrogens with zero attached hydrogens (tertiary/aromatic N) is 2. The van der Waals surface area contributed by atoms with Gasteiger partial charge in [-0.05, 0) is 57.4 Å². The highest BCUT2D eigenvalue weighted by atomic mass is 79.9. The number of aromatic amines is 1. The van der Waals surface area contributed by atoms with E-state index >= 15 is 0 Å². The summed E-state index contributed by atoms with van der Waals surface area (Å²) >= 11 is 3.35. The first-order valence-corrected chi connectivity index (χ1v) is 10.9. The number of piperidine rings is 1. The molecule has 1 fully saturated rings. The van der Waals surface area contributed by atoms with Gasteiger partial charge in [0.15, 0.2) is 0 Å². The molecule has 8 nitrogen and oxygen atoms in total. The summed E-state index contributed by atoms with van der Waals surface area (Å²) in [5, 5.41) is 5.47. The molecule has 3 heterocycles. The van der Waals surface area contributed by atoms with Gasteiger partial charge in [-0.2, -0.15) is 4.98 Å². The smallest absolute Gasteiger partial charge is 0.258 e. The van der Waals surface area contributed by atoms with Gasteiger partial charge in [-0.1, -0.05) is 15.9 Å². The van der Waals surface area contributed by atoms with Crippen molar-refractivity contribution in [2.24, 2.45) is 0 Å². The lowest BCUT2D eigenvalue weighted by molar-refractivity contribution is -0.123. The lowest BCUT2D eigenvalue weighted by atomic mass is 9.92. The predicted octanol–water partition coefficient (Wildman–Crippen LogP) is 3.36. The van der Waals surface area contributed by atoms with Crippen LogP contribution in [0.1, 0.15) is 51.0 Å². The number of H-pyrrole nitrogens is 1. The number of halogens is 1. The van der Waals surface area contributed by atoms with Gasteiger partial charge in [0.1, 0.15) is 5.82 Å². The number of fused-ring (bicyclic) bond motifs is 1. The molecule has 0 unspecified atom stereocenters. The number of hydrogen-bond donors (Lipinski definition) is 3. The molecule has 4 rings (SSSR count). The van der Waals surface area contributed by atoms with Crippen molar-refractivity contribution in [3.05, 3.63) is 44.7 Å². The molecule has 0 spiro atoms. The maximum Gasteiger partial charge on any atom is 0.258 e. The molecular formula is C21H24BrN5O3. The van der Waals surface area contributed by atoms with Gasteiger partial charge < -0.3 is 15.5 Å². The monoisotopic (exact) mass is 473 g/mol. The Balaban J connectivity index is 1.67. The van der Waals surface area contributed by atoms with Crippen LogP contribution in [0.5, 0.6) is 0 Å². The number of amides is 2. The predicted molar refractivity (Wildman–Crippen MR) is 119 cm³/mol. The highest BCUT2D eigenvalue weighted by Crippen LogP contribution is 2.32. The molecule has 2 aliphatic rings. The van der Waals surface area contributed by atoms with Crippen molar-refractivity contribution in [2.45, 2.75) is 57.5 Å². The van der Waals surface area contributed by atoms with E-state index in [-0.39, 0.29) is 35.8 Å². The van der Waals surface area contributed by atoms with Crippen molar-refractivity contribution in [3.8, 4) is 0 Å². The summed E-state index contributed by atoms with van der Waals surface area (Å²) in [4.78, 5) is 47.7. The van der Waals surface area contributed by atoms with E-state index in [1.54, 1.807) is 24.3 Å². The van der Waals surface area contributed by atoms with Crippen LogP contribution in [0.15, 0.2) is 33.5 Å². The molecular weight excluding hydrogens is 450 g/mol. The van der Waals surface area contributed by atoms with Gasteiger partial charge in [0.25, 0.3) is 5.56 Å². The van der Waals surface area contributed by atoms with Gasteiger partial charge in [-0.15, -0.1) is 0 Å². The summed E-state index contributed by atoms with van der Waals surface area (Å²) in [5.41, 5.74) is 0.397. The molecule has 3 N–H and O–H groups in total. The SMILES string of the molecule is C[C@@H]1CCC[C@@H](C)N1c1nc2c(c(=O)[nH]1)[C@@H](C(=O)Nc1ccc(Br)cc1)CC(=O)N2. The fraction of sp³-hybridized carbons (Fsp3) is 0.429. The van der Waals surface area contributed by atoms with Crippen LogP contribution in [-0.2, 0) is 9.59 Å². The van der Waals surface area contributed by atoms with Crippen LogP contribution >= 0.6 is 15.9 Å². The summed E-state index contributed by atoms with van der Waals surface area (Å²) in [6.07, 6.45) is 3.05. The Bertz CT molecular complexity index is 1030. The zero-order valence-electron chi connectivity index (χ0n) is 16.9. The first-order valence-electron chi connectivity index (χ1n) is 10.1. The molecule has 158 valence electrons. The fourth-order valence-electron chi connectivity index (χ4n) is 4.31. The number of carbonyl (C=O) groups is 2. The van der Waals surface area contributed by atoms with Gasteiger partial charge in [-0.3, -0.25) is 19.4 Å². The van der Waals surface area contributed by atoms with E-state index in [1.807, 2.05) is 0 Å². The quantitative estimate of drug-likeness (QED) is 0.633. The normalized spacial score (nSPS) is 23.5. The molecule has 1 aromatic carbocycles. The van der Waals surface area contributed by atoms with Crippen LogP contribution in [0.3, 0.4) is 0 Å². The Kier molecular flexibility index (Phi) is 5.64. The standard InChI is InChI=1S/C21H24BrN5O3/c1-11-4-3-5-12(2)27(11)21-25-18-17(20(30)26-21)15(10-16(28)24-18)19(29)23-14-8-6-13(22)7-9-14/h6-9,11-12,15H,3-5,10H2,1-2H3,(H,23,29)(H2,24,25,26,28,30)/t11-,12-,15+/m1/s1. The van der Waals surface area contributed by atoms with E-state index in [9.17, 15) is 14.4 Å². The number of nitrogens with one attached hydrogen (secondary N) is 3. The summed E-state index contributed by atoms with van der Waals surface area (Å²) in [7, 11) is 0. The summed E-state index contributed by atoms with van der Waals surface area (Å²) < 4.78 is 0.886. The number of carbonyl (C=O) groups excluding carboxylic acids is 2. The van der Waals surface area contributed by atoms with Crippen molar-refractivity contribution in [3.63, 3.8) is 0 Å². The van der Waals surface area contributed by atoms with E-state index < -0.39 is 17.4 Å². The van der Waals surface area contributed by atoms with Crippen LogP contribution in [0.2, 0.25) is 0 Å². The molecule has 1 saturated heterocycles. The largest absolute Gasteiger partial charge is 0.337 e. The van der Waals surface area contributed by atoms with E-state index in [0.29, 0.717) is 11.6 Å². The van der Waals surface area contributed by atoms with Gasteiger partial charge in [-0.25, -0.2) is 0 Å². The molecule has 2 aliphatic heterocycles. The number of rotatable bonds is 3. The van der Waals surface area contributed by atoms with Crippen LogP contribution < -0.4 is 21.1 Å². The van der Waals surface area contributed by atoms with Crippen LogP contribution in [0.4, 0.5) is 17.5 Å². The Labute approximate surface area is 182 Å². The maximum atomic E-state index is 13.0. The average Bonchev–Trinajstić information content (AvgIpc) is 2.68. The fourth-order valence-corrected chi connectivity index (χ4v) is 4.57. The lowest BCUT2D eigenvalue weighted by Gasteiger charge is -2.39. The van der Waals surface area contributed by atoms with E-state index in [4.69, 9.17) is 0 Å². The molecule has 0 aliphatic carbocycles. The van der Waals surface area contributed by atoms with E-state index in [1.165, 1.54) is 0 Å². The third-order valence-electron chi connectivity index (χ3n) is 5.80. The summed E-state index contributed by atoms with van der Waals surface area (Å²) in [5.74, 6) is -1.03. The number of aromatic nitrogens is 2. The summed E-state index contributed by atoms with van der Waals surface area (Å²) in [6.45, 7) is 4.20. The lowest BCUT2D eigenvalue weighted by Crippen LogP contribution is -2.46. The third kappa shape index (κ3) is 3.98. The second-order valence-corrected chi connectivity index (χ2v) is 8.90. The molecule has 3 atom stereocenters. The second kappa shape index (κ2) is 8.22. The molecule has 0 bridgehead atoms. The molecule has 2 amide bonds. The Morgan fingerprint density at radius 3 is 2.50 bits per heavy atom. The zero-order valence-corrected chi connectivity index (χ0v) is 18.5. The minimum absolute atomic E-state index is 0.101. The van der Waals surface area contributed by atoms with Gasteiger partial charge >= 0.3 is 0 Å². The minimum atomic E-state index is -0.904. The van der Waals surface area contributed by atoms with Crippen molar-refractivity contribution in [2.75, 3.05) is 15.5 Å². The topological polar surface area (TPSA) is 107 Å². The second-order valence-electron chi connectivity index (χ2n) is 7.99. The minimum Gasteiger partial charge on any atom is -0.337 e. The Hall–Kier alpha value is -2.68. The zero-order chi connectivity index (χ0) is 21.4. The van der Waals surface area contributed by atoms with Crippen LogP contribution in [-0.4, -0.2) is 33.9 Å². The number of anilines is 3. The third-order valence-corrected chi connectivity index (χ3v) is 6.33. The van der Waals surface area contributed by atoms with Crippen molar-refractivity contribution < 1.29 is 9.59 Å². The maximum absolute atomic E-state index is 13.0. The van der Waals surface area contributed by atoms with Crippen LogP contribution in [0, 0.1) is 0 Å². The Morgan fingerprint density at radius 2 is 1.83 bits per heavy atom. The first kappa shape index (κ1) is 20.6. The summed E-state index contributed by atoms with van der Waals surface area (Å²) in [6, 6.07) is 7.56. The van der Waals surface area contributed by atoms with Crippen molar-refractivity contribution >= 4 is 45.2 Å². The Morgan fingerprint density at radius 1 is 1.17 bits per heavy atom.